The summed E-state index contributed by atoms with van der Waals surface area (Å²) in [5.41, 5.74) is 0.868. The smallest absolute Gasteiger partial charge is 0.357 e. The fourth-order valence-corrected chi connectivity index (χ4v) is 3.00. The van der Waals surface area contributed by atoms with Crippen molar-refractivity contribution in [3.8, 4) is 11.4 Å². The molecule has 0 saturated carbocycles. The summed E-state index contributed by atoms with van der Waals surface area (Å²) in [7, 11) is 0. The molecule has 3 rings (SSSR count). The molecule has 0 unspecified atom stereocenters. The zero-order valence-electron chi connectivity index (χ0n) is 15.2. The molecule has 8 nitrogen and oxygen atoms in total. The van der Waals surface area contributed by atoms with Crippen LogP contribution in [0.3, 0.4) is 0 Å². The van der Waals surface area contributed by atoms with Gasteiger partial charge >= 0.3 is 5.97 Å². The second-order valence-electron chi connectivity index (χ2n) is 5.75. The van der Waals surface area contributed by atoms with Crippen molar-refractivity contribution >= 4 is 35.0 Å². The van der Waals surface area contributed by atoms with Gasteiger partial charge in [0, 0.05) is 17.0 Å². The van der Waals surface area contributed by atoms with Crippen LogP contribution in [0.2, 0.25) is 0 Å². The summed E-state index contributed by atoms with van der Waals surface area (Å²) in [6.45, 7) is 2.10. The normalized spacial score (nSPS) is 11.2. The van der Waals surface area contributed by atoms with E-state index in [1.54, 1.807) is 6.08 Å². The van der Waals surface area contributed by atoms with E-state index in [0.717, 1.165) is 16.9 Å². The number of aromatic nitrogens is 4. The third-order valence-electron chi connectivity index (χ3n) is 3.67. The Morgan fingerprint density at radius 2 is 2.04 bits per heavy atom. The SMILES string of the molecule is CCCNC(=O)COC(=O)/C(=C/c1cccs1)n1nnnc1-c1ccccc1. The number of hydrogen-bond donors (Lipinski definition) is 1. The predicted molar refractivity (Wildman–Crippen MR) is 106 cm³/mol. The average Bonchev–Trinajstić information content (AvgIpc) is 3.41. The number of tetrazole rings is 1. The summed E-state index contributed by atoms with van der Waals surface area (Å²) >= 11 is 1.46. The van der Waals surface area contributed by atoms with E-state index in [4.69, 9.17) is 4.74 Å². The molecular weight excluding hydrogens is 378 g/mol. The molecule has 0 aliphatic carbocycles. The first-order chi connectivity index (χ1) is 13.7. The van der Waals surface area contributed by atoms with Gasteiger partial charge in [-0.05, 0) is 34.4 Å². The van der Waals surface area contributed by atoms with E-state index in [0.29, 0.717) is 12.4 Å². The molecule has 28 heavy (non-hydrogen) atoms. The third kappa shape index (κ3) is 4.89. The van der Waals surface area contributed by atoms with Crippen LogP contribution in [0.25, 0.3) is 23.2 Å². The first-order valence-corrected chi connectivity index (χ1v) is 9.60. The van der Waals surface area contributed by atoms with Gasteiger partial charge in [0.05, 0.1) is 0 Å². The van der Waals surface area contributed by atoms with Crippen molar-refractivity contribution in [3.05, 3.63) is 52.7 Å². The minimum absolute atomic E-state index is 0.120. The molecule has 9 heteroatoms. The van der Waals surface area contributed by atoms with E-state index in [1.165, 1.54) is 16.0 Å². The molecular formula is C19H19N5O3S. The summed E-state index contributed by atoms with van der Waals surface area (Å²) in [6.07, 6.45) is 2.44. The van der Waals surface area contributed by atoms with Crippen molar-refractivity contribution in [2.24, 2.45) is 0 Å². The maximum absolute atomic E-state index is 12.7. The van der Waals surface area contributed by atoms with Crippen molar-refractivity contribution in [1.29, 1.82) is 0 Å². The van der Waals surface area contributed by atoms with Crippen LogP contribution in [-0.4, -0.2) is 45.2 Å². The number of nitrogens with zero attached hydrogens (tertiary/aromatic N) is 4. The number of esters is 1. The van der Waals surface area contributed by atoms with Crippen LogP contribution >= 0.6 is 11.3 Å². The van der Waals surface area contributed by atoms with Crippen molar-refractivity contribution in [2.75, 3.05) is 13.2 Å². The van der Waals surface area contributed by atoms with E-state index in [-0.39, 0.29) is 18.2 Å². The number of nitrogens with one attached hydrogen (secondary N) is 1. The number of carbonyl (C=O) groups excluding carboxylic acids is 2. The Labute approximate surface area is 165 Å². The quantitative estimate of drug-likeness (QED) is 0.463. The second-order valence-corrected chi connectivity index (χ2v) is 6.73. The van der Waals surface area contributed by atoms with Crippen LogP contribution in [0.1, 0.15) is 18.2 Å². The minimum Gasteiger partial charge on any atom is -0.451 e. The molecule has 0 aliphatic rings. The molecule has 0 aliphatic heterocycles. The molecule has 1 N–H and O–H groups in total. The van der Waals surface area contributed by atoms with Crippen LogP contribution < -0.4 is 5.32 Å². The van der Waals surface area contributed by atoms with Gasteiger partial charge < -0.3 is 10.1 Å². The molecule has 144 valence electrons. The van der Waals surface area contributed by atoms with Crippen LogP contribution in [0.4, 0.5) is 0 Å². The lowest BCUT2D eigenvalue weighted by molar-refractivity contribution is -0.143. The molecule has 3 aromatic rings. The van der Waals surface area contributed by atoms with Gasteiger partial charge in [-0.3, -0.25) is 4.79 Å². The number of amides is 1. The number of ether oxygens (including phenoxy) is 1. The molecule has 0 saturated heterocycles. The predicted octanol–water partition coefficient (Wildman–Crippen LogP) is 2.47. The Morgan fingerprint density at radius 3 is 2.75 bits per heavy atom. The molecule has 2 aromatic heterocycles. The van der Waals surface area contributed by atoms with Gasteiger partial charge in [-0.1, -0.05) is 43.3 Å². The number of hydrogen-bond acceptors (Lipinski definition) is 7. The van der Waals surface area contributed by atoms with Crippen molar-refractivity contribution in [3.63, 3.8) is 0 Å². The van der Waals surface area contributed by atoms with Gasteiger partial charge in [-0.15, -0.1) is 16.4 Å². The summed E-state index contributed by atoms with van der Waals surface area (Å²) in [6, 6.07) is 13.0. The maximum Gasteiger partial charge on any atom is 0.357 e. The highest BCUT2D eigenvalue weighted by atomic mass is 32.1. The lowest BCUT2D eigenvalue weighted by Gasteiger charge is -2.10. The van der Waals surface area contributed by atoms with Crippen LogP contribution in [-0.2, 0) is 14.3 Å². The molecule has 0 radical (unpaired) electrons. The zero-order chi connectivity index (χ0) is 19.8. The molecule has 2 heterocycles. The van der Waals surface area contributed by atoms with Crippen LogP contribution in [0.5, 0.6) is 0 Å². The fourth-order valence-electron chi connectivity index (χ4n) is 2.35. The summed E-state index contributed by atoms with van der Waals surface area (Å²) < 4.78 is 6.52. The van der Waals surface area contributed by atoms with Crippen molar-refractivity contribution < 1.29 is 14.3 Å². The largest absolute Gasteiger partial charge is 0.451 e. The number of carbonyl (C=O) groups is 2. The topological polar surface area (TPSA) is 99.0 Å². The van der Waals surface area contributed by atoms with Crippen molar-refractivity contribution in [2.45, 2.75) is 13.3 Å². The molecule has 0 bridgehead atoms. The zero-order valence-corrected chi connectivity index (χ0v) is 16.1. The number of thiophene rings is 1. The van der Waals surface area contributed by atoms with Gasteiger partial charge in [0.15, 0.2) is 18.1 Å². The molecule has 0 spiro atoms. The minimum atomic E-state index is -0.690. The fraction of sp³-hybridized carbons (Fsp3) is 0.211. The van der Waals surface area contributed by atoms with E-state index in [1.807, 2.05) is 54.8 Å². The Kier molecular flexibility index (Phi) is 6.64. The second kappa shape index (κ2) is 9.56. The summed E-state index contributed by atoms with van der Waals surface area (Å²) in [5, 5.41) is 16.3. The van der Waals surface area contributed by atoms with Gasteiger partial charge in [0.2, 0.25) is 0 Å². The Balaban J connectivity index is 1.88. The first kappa shape index (κ1) is 19.4. The molecule has 1 amide bonds. The number of rotatable bonds is 8. The third-order valence-corrected chi connectivity index (χ3v) is 4.49. The Morgan fingerprint density at radius 1 is 1.21 bits per heavy atom. The standard InChI is InChI=1S/C19H19N5O3S/c1-2-10-20-17(25)13-27-19(26)16(12-15-9-6-11-28-15)24-18(21-22-23-24)14-7-4-3-5-8-14/h3-9,11-12H,2,10,13H2,1H3,(H,20,25)/b16-12-. The molecule has 0 atom stereocenters. The average molecular weight is 397 g/mol. The van der Waals surface area contributed by atoms with Gasteiger partial charge in [-0.2, -0.15) is 4.68 Å². The number of benzene rings is 1. The summed E-state index contributed by atoms with van der Waals surface area (Å²) in [4.78, 5) is 25.3. The highest BCUT2D eigenvalue weighted by molar-refractivity contribution is 7.10. The Bertz CT molecular complexity index is 951. The van der Waals surface area contributed by atoms with Gasteiger partial charge in [0.25, 0.3) is 5.91 Å². The van der Waals surface area contributed by atoms with Gasteiger partial charge in [0.1, 0.15) is 0 Å². The van der Waals surface area contributed by atoms with Crippen LogP contribution in [0.15, 0.2) is 47.8 Å². The first-order valence-electron chi connectivity index (χ1n) is 8.72. The monoisotopic (exact) mass is 397 g/mol. The van der Waals surface area contributed by atoms with Crippen molar-refractivity contribution in [1.82, 2.24) is 25.5 Å². The Hall–Kier alpha value is -3.33. The van der Waals surface area contributed by atoms with E-state index in [9.17, 15) is 9.59 Å². The lowest BCUT2D eigenvalue weighted by atomic mass is 10.2. The van der Waals surface area contributed by atoms with E-state index in [2.05, 4.69) is 20.8 Å². The van der Waals surface area contributed by atoms with E-state index >= 15 is 0 Å². The van der Waals surface area contributed by atoms with E-state index < -0.39 is 5.97 Å². The van der Waals surface area contributed by atoms with Crippen LogP contribution in [0, 0.1) is 0 Å². The highest BCUT2D eigenvalue weighted by Crippen LogP contribution is 2.22. The maximum atomic E-state index is 12.7. The molecule has 0 fully saturated rings. The highest BCUT2D eigenvalue weighted by Gasteiger charge is 2.21. The lowest BCUT2D eigenvalue weighted by Crippen LogP contribution is -2.30. The van der Waals surface area contributed by atoms with Gasteiger partial charge in [-0.25, -0.2) is 4.79 Å². The summed E-state index contributed by atoms with van der Waals surface area (Å²) in [5.74, 6) is -0.647. The molecule has 1 aromatic carbocycles.